The summed E-state index contributed by atoms with van der Waals surface area (Å²) in [5.74, 6) is -0.106. The smallest absolute Gasteiger partial charge is 0.251 e. The van der Waals surface area contributed by atoms with Crippen LogP contribution in [0.2, 0.25) is 0 Å². The van der Waals surface area contributed by atoms with Crippen molar-refractivity contribution in [3.63, 3.8) is 0 Å². The number of amides is 3. The summed E-state index contributed by atoms with van der Waals surface area (Å²) in [5.41, 5.74) is 5.71. The zero-order valence-electron chi connectivity index (χ0n) is 10.6. The van der Waals surface area contributed by atoms with Gasteiger partial charge < -0.3 is 11.1 Å². The number of nitrogens with two attached hydrogens (primary N) is 1. The molecule has 1 rings (SSSR count). The van der Waals surface area contributed by atoms with Crippen LogP contribution in [0.3, 0.4) is 0 Å². The molecule has 2 atom stereocenters. The highest BCUT2D eigenvalue weighted by Gasteiger charge is 2.33. The molecule has 0 aromatic heterocycles. The molecule has 102 valence electrons. The number of hydrogen-bond donors (Lipinski definition) is 2. The lowest BCUT2D eigenvalue weighted by atomic mass is 10.0. The van der Waals surface area contributed by atoms with Gasteiger partial charge >= 0.3 is 0 Å². The van der Waals surface area contributed by atoms with Crippen molar-refractivity contribution in [2.75, 3.05) is 19.1 Å². The van der Waals surface area contributed by atoms with E-state index in [2.05, 4.69) is 5.32 Å². The van der Waals surface area contributed by atoms with Crippen molar-refractivity contribution in [1.29, 1.82) is 0 Å². The van der Waals surface area contributed by atoms with E-state index in [-0.39, 0.29) is 24.1 Å². The number of carbonyl (C=O) groups is 3. The van der Waals surface area contributed by atoms with Gasteiger partial charge in [-0.1, -0.05) is 0 Å². The van der Waals surface area contributed by atoms with Gasteiger partial charge in [-0.25, -0.2) is 0 Å². The highest BCUT2D eigenvalue weighted by molar-refractivity contribution is 7.98. The van der Waals surface area contributed by atoms with Gasteiger partial charge in [0.25, 0.3) is 5.91 Å². The van der Waals surface area contributed by atoms with Gasteiger partial charge in [0.1, 0.15) is 6.04 Å². The average molecular weight is 273 g/mol. The lowest BCUT2D eigenvalue weighted by molar-refractivity contribution is -0.149. The lowest BCUT2D eigenvalue weighted by Crippen LogP contribution is -2.55. The molecule has 0 saturated carbocycles. The van der Waals surface area contributed by atoms with Crippen LogP contribution in [0.15, 0.2) is 0 Å². The number of carbonyl (C=O) groups excluding carboxylic acids is 3. The molecule has 1 unspecified atom stereocenters. The summed E-state index contributed by atoms with van der Waals surface area (Å²) >= 11 is 1.61. The van der Waals surface area contributed by atoms with Gasteiger partial charge in [-0.15, -0.1) is 0 Å². The summed E-state index contributed by atoms with van der Waals surface area (Å²) in [5, 5.41) is 2.61. The summed E-state index contributed by atoms with van der Waals surface area (Å²) in [6.45, 7) is 0. The maximum absolute atomic E-state index is 11.8. The van der Waals surface area contributed by atoms with E-state index in [1.165, 1.54) is 7.05 Å². The second-order valence-corrected chi connectivity index (χ2v) is 5.26. The van der Waals surface area contributed by atoms with Crippen LogP contribution in [0.5, 0.6) is 0 Å². The van der Waals surface area contributed by atoms with E-state index in [4.69, 9.17) is 5.73 Å². The largest absolute Gasteiger partial charge is 0.343 e. The van der Waals surface area contributed by atoms with Gasteiger partial charge in [-0.2, -0.15) is 11.8 Å². The molecule has 1 aliphatic rings. The number of hydrogen-bond acceptors (Lipinski definition) is 5. The Morgan fingerprint density at radius 1 is 1.61 bits per heavy atom. The van der Waals surface area contributed by atoms with E-state index in [9.17, 15) is 14.4 Å². The van der Waals surface area contributed by atoms with Crippen LogP contribution in [-0.4, -0.2) is 53.8 Å². The van der Waals surface area contributed by atoms with Gasteiger partial charge in [0.15, 0.2) is 0 Å². The summed E-state index contributed by atoms with van der Waals surface area (Å²) in [6.07, 6.45) is 3.13. The monoisotopic (exact) mass is 273 g/mol. The Kier molecular flexibility index (Phi) is 5.61. The second kappa shape index (κ2) is 6.75. The molecule has 1 saturated heterocycles. The van der Waals surface area contributed by atoms with Gasteiger partial charge in [-0.3, -0.25) is 19.3 Å². The third-order valence-corrected chi connectivity index (χ3v) is 3.58. The molecule has 1 aliphatic heterocycles. The molecule has 0 radical (unpaired) electrons. The van der Waals surface area contributed by atoms with E-state index >= 15 is 0 Å². The molecule has 6 nitrogen and oxygen atoms in total. The predicted molar refractivity (Wildman–Crippen MR) is 69.9 cm³/mol. The fourth-order valence-corrected chi connectivity index (χ4v) is 2.19. The summed E-state index contributed by atoms with van der Waals surface area (Å²) in [4.78, 5) is 35.8. The minimum absolute atomic E-state index is 0.211. The molecular weight excluding hydrogens is 254 g/mol. The number of nitrogens with one attached hydrogen (secondary N) is 1. The van der Waals surface area contributed by atoms with E-state index in [0.29, 0.717) is 12.8 Å². The molecular formula is C11H19N3O3S. The standard InChI is InChI=1S/C11H19N3O3S/c1-14-9(15)4-3-8(11(14)17)13-10(16)7(12)5-6-18-2/h7-8H,3-6,12H2,1-2H3,(H,13,16)/t7-,8?/m0/s1. The maximum Gasteiger partial charge on any atom is 0.251 e. The fourth-order valence-electron chi connectivity index (χ4n) is 1.70. The predicted octanol–water partition coefficient (Wildman–Crippen LogP) is -0.670. The van der Waals surface area contributed by atoms with Gasteiger partial charge in [0.2, 0.25) is 11.8 Å². The van der Waals surface area contributed by atoms with Crippen LogP contribution >= 0.6 is 11.8 Å². The van der Waals surface area contributed by atoms with Gasteiger partial charge in [0, 0.05) is 13.5 Å². The lowest BCUT2D eigenvalue weighted by Gasteiger charge is -2.28. The molecule has 0 aromatic carbocycles. The molecule has 0 aromatic rings. The topological polar surface area (TPSA) is 92.5 Å². The number of imide groups is 1. The first kappa shape index (κ1) is 15.0. The molecule has 3 amide bonds. The molecule has 0 bridgehead atoms. The first-order valence-corrected chi connectivity index (χ1v) is 7.22. The van der Waals surface area contributed by atoms with Crippen molar-refractivity contribution in [3.05, 3.63) is 0 Å². The molecule has 3 N–H and O–H groups in total. The van der Waals surface area contributed by atoms with Crippen LogP contribution in [0.25, 0.3) is 0 Å². The van der Waals surface area contributed by atoms with Crippen molar-refractivity contribution >= 4 is 29.5 Å². The third kappa shape index (κ3) is 3.71. The van der Waals surface area contributed by atoms with Crippen molar-refractivity contribution in [2.24, 2.45) is 5.73 Å². The normalized spacial score (nSPS) is 21.9. The molecule has 7 heteroatoms. The highest BCUT2D eigenvalue weighted by atomic mass is 32.2. The second-order valence-electron chi connectivity index (χ2n) is 4.28. The zero-order valence-corrected chi connectivity index (χ0v) is 11.5. The summed E-state index contributed by atoms with van der Waals surface area (Å²) in [7, 11) is 1.43. The van der Waals surface area contributed by atoms with E-state index < -0.39 is 12.1 Å². The Labute approximate surface area is 111 Å². The highest BCUT2D eigenvalue weighted by Crippen LogP contribution is 2.11. The SMILES string of the molecule is CSCC[C@H](N)C(=O)NC1CCC(=O)N(C)C1=O. The third-order valence-electron chi connectivity index (χ3n) is 2.94. The Hall–Kier alpha value is -1.08. The molecule has 1 fully saturated rings. The van der Waals surface area contributed by atoms with Crippen LogP contribution in [-0.2, 0) is 14.4 Å². The molecule has 1 heterocycles. The Balaban J connectivity index is 2.49. The van der Waals surface area contributed by atoms with Crippen molar-refractivity contribution in [3.8, 4) is 0 Å². The van der Waals surface area contributed by atoms with Gasteiger partial charge in [-0.05, 0) is 24.9 Å². The van der Waals surface area contributed by atoms with Crippen LogP contribution in [0.1, 0.15) is 19.3 Å². The molecule has 18 heavy (non-hydrogen) atoms. The fraction of sp³-hybridized carbons (Fsp3) is 0.727. The van der Waals surface area contributed by atoms with Crippen molar-refractivity contribution < 1.29 is 14.4 Å². The zero-order chi connectivity index (χ0) is 13.7. The first-order chi connectivity index (χ1) is 8.47. The number of rotatable bonds is 5. The van der Waals surface area contributed by atoms with Crippen molar-refractivity contribution in [2.45, 2.75) is 31.3 Å². The molecule has 0 spiro atoms. The van der Waals surface area contributed by atoms with Crippen LogP contribution < -0.4 is 11.1 Å². The summed E-state index contributed by atoms with van der Waals surface area (Å²) < 4.78 is 0. The minimum atomic E-state index is -0.625. The quantitative estimate of drug-likeness (QED) is 0.648. The minimum Gasteiger partial charge on any atom is -0.343 e. The average Bonchev–Trinajstić information content (AvgIpc) is 2.36. The van der Waals surface area contributed by atoms with E-state index in [0.717, 1.165) is 10.7 Å². The van der Waals surface area contributed by atoms with Crippen molar-refractivity contribution in [1.82, 2.24) is 10.2 Å². The van der Waals surface area contributed by atoms with Gasteiger partial charge in [0.05, 0.1) is 6.04 Å². The van der Waals surface area contributed by atoms with Crippen LogP contribution in [0.4, 0.5) is 0 Å². The number of thioether (sulfide) groups is 1. The maximum atomic E-state index is 11.8. The number of likely N-dealkylation sites (tertiary alicyclic amines) is 1. The Morgan fingerprint density at radius 2 is 2.28 bits per heavy atom. The van der Waals surface area contributed by atoms with E-state index in [1.807, 2.05) is 6.26 Å². The Bertz CT molecular complexity index is 348. The first-order valence-electron chi connectivity index (χ1n) is 5.82. The summed E-state index contributed by atoms with van der Waals surface area (Å²) in [6, 6.07) is -1.23. The van der Waals surface area contributed by atoms with Crippen LogP contribution in [0, 0.1) is 0 Å². The number of likely N-dealkylation sites (N-methyl/N-ethyl adjacent to an activating group) is 1. The van der Waals surface area contributed by atoms with E-state index in [1.54, 1.807) is 11.8 Å². The Morgan fingerprint density at radius 3 is 2.89 bits per heavy atom. The number of nitrogens with zero attached hydrogens (tertiary/aromatic N) is 1. The molecule has 0 aliphatic carbocycles. The number of piperidine rings is 1.